The summed E-state index contributed by atoms with van der Waals surface area (Å²) in [5, 5.41) is 9.81. The van der Waals surface area contributed by atoms with E-state index >= 15 is 0 Å². The van der Waals surface area contributed by atoms with Gasteiger partial charge in [0.1, 0.15) is 11.9 Å². The van der Waals surface area contributed by atoms with Crippen LogP contribution >= 0.6 is 0 Å². The molecule has 2 atom stereocenters. The average Bonchev–Trinajstić information content (AvgIpc) is 3.11. The van der Waals surface area contributed by atoms with E-state index in [-0.39, 0.29) is 23.5 Å². The third-order valence-electron chi connectivity index (χ3n) is 4.79. The molecule has 2 aliphatic heterocycles. The summed E-state index contributed by atoms with van der Waals surface area (Å²) in [5.74, 6) is 0.346. The van der Waals surface area contributed by atoms with E-state index in [0.717, 1.165) is 12.8 Å². The highest BCUT2D eigenvalue weighted by Crippen LogP contribution is 2.23. The Balaban J connectivity index is 1.66. The van der Waals surface area contributed by atoms with E-state index in [0.29, 0.717) is 31.8 Å². The van der Waals surface area contributed by atoms with E-state index < -0.39 is 11.6 Å². The number of amides is 3. The Kier molecular flexibility index (Phi) is 4.49. The summed E-state index contributed by atoms with van der Waals surface area (Å²) < 4.78 is 1.45. The molecule has 2 N–H and O–H groups in total. The second-order valence-corrected chi connectivity index (χ2v) is 7.14. The molecule has 9 heteroatoms. The standard InChI is InChI=1S/C16H24N6O3/c1-10-17-13(21(3)20-10)14(24)19-16(2)7-4-8-22(9-16)15(25)11-5-6-12(23)18-11/h11H,4-9H2,1-3H3,(H,18,23)(H,19,24)/t11-,16?/m1/s1. The van der Waals surface area contributed by atoms with Gasteiger partial charge in [-0.3, -0.25) is 14.4 Å². The van der Waals surface area contributed by atoms with Crippen molar-refractivity contribution in [3.05, 3.63) is 11.6 Å². The van der Waals surface area contributed by atoms with Crippen molar-refractivity contribution in [3.8, 4) is 0 Å². The third kappa shape index (κ3) is 3.64. The number of carbonyl (C=O) groups is 3. The lowest BCUT2D eigenvalue weighted by molar-refractivity contribution is -0.136. The van der Waals surface area contributed by atoms with Crippen LogP contribution in [0.25, 0.3) is 0 Å². The Labute approximate surface area is 146 Å². The number of aromatic nitrogens is 3. The predicted molar refractivity (Wildman–Crippen MR) is 88.6 cm³/mol. The van der Waals surface area contributed by atoms with Crippen LogP contribution in [0.15, 0.2) is 0 Å². The molecule has 1 unspecified atom stereocenters. The van der Waals surface area contributed by atoms with Crippen LogP contribution in [-0.2, 0) is 16.6 Å². The van der Waals surface area contributed by atoms with Crippen molar-refractivity contribution >= 4 is 17.7 Å². The molecule has 0 spiro atoms. The first kappa shape index (κ1) is 17.4. The number of piperidine rings is 1. The molecule has 2 saturated heterocycles. The minimum absolute atomic E-state index is 0.0690. The van der Waals surface area contributed by atoms with Gasteiger partial charge in [-0.15, -0.1) is 0 Å². The van der Waals surface area contributed by atoms with E-state index in [1.165, 1.54) is 4.68 Å². The van der Waals surface area contributed by atoms with Gasteiger partial charge in [0.05, 0.1) is 5.54 Å². The van der Waals surface area contributed by atoms with Crippen molar-refractivity contribution in [2.75, 3.05) is 13.1 Å². The molecule has 2 aliphatic rings. The van der Waals surface area contributed by atoms with Gasteiger partial charge in [-0.1, -0.05) is 0 Å². The Morgan fingerprint density at radius 2 is 2.16 bits per heavy atom. The van der Waals surface area contributed by atoms with Gasteiger partial charge in [0.2, 0.25) is 17.6 Å². The first-order valence-electron chi connectivity index (χ1n) is 8.56. The highest BCUT2D eigenvalue weighted by Gasteiger charge is 2.38. The molecule has 0 radical (unpaired) electrons. The van der Waals surface area contributed by atoms with Crippen molar-refractivity contribution in [2.45, 2.75) is 51.1 Å². The number of rotatable bonds is 3. The lowest BCUT2D eigenvalue weighted by atomic mass is 9.90. The van der Waals surface area contributed by atoms with Gasteiger partial charge in [0.15, 0.2) is 0 Å². The molecule has 0 bridgehead atoms. The van der Waals surface area contributed by atoms with Crippen LogP contribution in [0, 0.1) is 6.92 Å². The first-order chi connectivity index (χ1) is 11.8. The number of likely N-dealkylation sites (tertiary alicyclic amines) is 1. The van der Waals surface area contributed by atoms with Crippen LogP contribution in [0.1, 0.15) is 49.1 Å². The third-order valence-corrected chi connectivity index (χ3v) is 4.79. The first-order valence-corrected chi connectivity index (χ1v) is 8.56. The maximum Gasteiger partial charge on any atom is 0.289 e. The molecular formula is C16H24N6O3. The Hall–Kier alpha value is -2.45. The van der Waals surface area contributed by atoms with Gasteiger partial charge in [0, 0.05) is 26.6 Å². The zero-order chi connectivity index (χ0) is 18.2. The largest absolute Gasteiger partial charge is 0.344 e. The fourth-order valence-corrected chi connectivity index (χ4v) is 3.59. The lowest BCUT2D eigenvalue weighted by Gasteiger charge is -2.41. The maximum absolute atomic E-state index is 12.6. The number of nitrogens with one attached hydrogen (secondary N) is 2. The molecule has 1 aromatic rings. The Morgan fingerprint density at radius 3 is 2.76 bits per heavy atom. The summed E-state index contributed by atoms with van der Waals surface area (Å²) in [4.78, 5) is 42.4. The van der Waals surface area contributed by atoms with Gasteiger partial charge >= 0.3 is 0 Å². The second kappa shape index (κ2) is 6.45. The summed E-state index contributed by atoms with van der Waals surface area (Å²) in [5.41, 5.74) is -0.534. The number of carbonyl (C=O) groups excluding carboxylic acids is 3. The fraction of sp³-hybridized carbons (Fsp3) is 0.688. The van der Waals surface area contributed by atoms with Gasteiger partial charge in [-0.05, 0) is 33.1 Å². The quantitative estimate of drug-likeness (QED) is 0.766. The fourth-order valence-electron chi connectivity index (χ4n) is 3.59. The number of nitrogens with zero attached hydrogens (tertiary/aromatic N) is 4. The molecule has 9 nitrogen and oxygen atoms in total. The molecule has 25 heavy (non-hydrogen) atoms. The predicted octanol–water partition coefficient (Wildman–Crippen LogP) is -0.487. The molecule has 0 aliphatic carbocycles. The molecule has 0 saturated carbocycles. The Bertz CT molecular complexity index is 715. The molecule has 2 fully saturated rings. The molecular weight excluding hydrogens is 324 g/mol. The highest BCUT2D eigenvalue weighted by molar-refractivity contribution is 5.92. The van der Waals surface area contributed by atoms with Crippen LogP contribution in [-0.4, -0.2) is 62.1 Å². The topological polar surface area (TPSA) is 109 Å². The summed E-state index contributed by atoms with van der Waals surface area (Å²) >= 11 is 0. The second-order valence-electron chi connectivity index (χ2n) is 7.14. The monoisotopic (exact) mass is 348 g/mol. The van der Waals surface area contributed by atoms with E-state index in [4.69, 9.17) is 0 Å². The number of hydrogen-bond donors (Lipinski definition) is 2. The zero-order valence-electron chi connectivity index (χ0n) is 14.8. The van der Waals surface area contributed by atoms with Gasteiger partial charge in [-0.25, -0.2) is 9.67 Å². The van der Waals surface area contributed by atoms with Crippen LogP contribution in [0.3, 0.4) is 0 Å². The summed E-state index contributed by atoms with van der Waals surface area (Å²) in [7, 11) is 1.68. The van der Waals surface area contributed by atoms with Crippen LogP contribution in [0.2, 0.25) is 0 Å². The number of aryl methyl sites for hydroxylation is 2. The molecule has 3 amide bonds. The zero-order valence-corrected chi connectivity index (χ0v) is 14.8. The average molecular weight is 348 g/mol. The van der Waals surface area contributed by atoms with Gasteiger partial charge in [-0.2, -0.15) is 5.10 Å². The summed E-state index contributed by atoms with van der Waals surface area (Å²) in [6.45, 7) is 4.72. The van der Waals surface area contributed by atoms with Crippen molar-refractivity contribution in [1.29, 1.82) is 0 Å². The van der Waals surface area contributed by atoms with E-state index in [1.807, 2.05) is 6.92 Å². The SMILES string of the molecule is Cc1nc(C(=O)NC2(C)CCCN(C(=O)[C@H]3CCC(=O)N3)C2)n(C)n1. The number of hydrogen-bond acceptors (Lipinski definition) is 5. The van der Waals surface area contributed by atoms with Crippen molar-refractivity contribution in [1.82, 2.24) is 30.3 Å². The van der Waals surface area contributed by atoms with Crippen LogP contribution in [0.4, 0.5) is 0 Å². The molecule has 3 rings (SSSR count). The minimum Gasteiger partial charge on any atom is -0.344 e. The summed E-state index contributed by atoms with van der Waals surface area (Å²) in [6.07, 6.45) is 2.50. The van der Waals surface area contributed by atoms with Crippen LogP contribution in [0.5, 0.6) is 0 Å². The van der Waals surface area contributed by atoms with Crippen molar-refractivity contribution in [2.24, 2.45) is 7.05 Å². The molecule has 0 aromatic carbocycles. The molecule has 136 valence electrons. The lowest BCUT2D eigenvalue weighted by Crippen LogP contribution is -2.60. The normalized spacial score (nSPS) is 26.4. The van der Waals surface area contributed by atoms with E-state index in [2.05, 4.69) is 20.7 Å². The molecule has 3 heterocycles. The smallest absolute Gasteiger partial charge is 0.289 e. The Morgan fingerprint density at radius 1 is 1.40 bits per heavy atom. The highest BCUT2D eigenvalue weighted by atomic mass is 16.2. The van der Waals surface area contributed by atoms with Gasteiger partial charge < -0.3 is 15.5 Å². The van der Waals surface area contributed by atoms with E-state index in [1.54, 1.807) is 18.9 Å². The van der Waals surface area contributed by atoms with Crippen molar-refractivity contribution < 1.29 is 14.4 Å². The van der Waals surface area contributed by atoms with Crippen LogP contribution < -0.4 is 10.6 Å². The molecule has 1 aromatic heterocycles. The summed E-state index contributed by atoms with van der Waals surface area (Å²) in [6, 6.07) is -0.438. The van der Waals surface area contributed by atoms with Crippen molar-refractivity contribution in [3.63, 3.8) is 0 Å². The maximum atomic E-state index is 12.6. The minimum atomic E-state index is -0.534. The van der Waals surface area contributed by atoms with Gasteiger partial charge in [0.25, 0.3) is 5.91 Å². The van der Waals surface area contributed by atoms with E-state index in [9.17, 15) is 14.4 Å².